The van der Waals surface area contributed by atoms with E-state index in [0.29, 0.717) is 5.92 Å². The molecule has 4 aliphatic rings. The van der Waals surface area contributed by atoms with Gasteiger partial charge in [-0.1, -0.05) is 50.3 Å². The Morgan fingerprint density at radius 1 is 1.00 bits per heavy atom. The fourth-order valence-corrected chi connectivity index (χ4v) is 7.39. The van der Waals surface area contributed by atoms with E-state index in [9.17, 15) is 0 Å². The summed E-state index contributed by atoms with van der Waals surface area (Å²) in [5, 5.41) is 3.90. The van der Waals surface area contributed by atoms with Gasteiger partial charge in [0.15, 0.2) is 0 Å². The predicted octanol–water partition coefficient (Wildman–Crippen LogP) is 5.87. The van der Waals surface area contributed by atoms with Crippen molar-refractivity contribution >= 4 is 6.08 Å². The fraction of sp³-hybridized carbons (Fsp3) is 0.680. The average Bonchev–Trinajstić information content (AvgIpc) is 3.21. The Labute approximate surface area is 159 Å². The second kappa shape index (κ2) is 6.82. The van der Waals surface area contributed by atoms with Crippen molar-refractivity contribution in [1.29, 1.82) is 0 Å². The van der Waals surface area contributed by atoms with Gasteiger partial charge in [-0.3, -0.25) is 0 Å². The van der Waals surface area contributed by atoms with Crippen LogP contribution in [0.15, 0.2) is 30.3 Å². The minimum Gasteiger partial charge on any atom is -0.314 e. The summed E-state index contributed by atoms with van der Waals surface area (Å²) in [4.78, 5) is 0. The maximum atomic E-state index is 3.90. The highest BCUT2D eigenvalue weighted by atomic mass is 14.9. The highest BCUT2D eigenvalue weighted by molar-refractivity contribution is 5.62. The third kappa shape index (κ3) is 2.78. The molecule has 1 saturated heterocycles. The van der Waals surface area contributed by atoms with Gasteiger partial charge in [-0.2, -0.15) is 0 Å². The first-order chi connectivity index (χ1) is 12.7. The monoisotopic (exact) mass is 349 g/mol. The summed E-state index contributed by atoms with van der Waals surface area (Å²) in [6.07, 6.45) is 13.4. The molecule has 0 radical (unpaired) electrons. The number of nitrogens with one attached hydrogen (secondary N) is 1. The number of hydrogen-bond acceptors (Lipinski definition) is 1. The van der Waals surface area contributed by atoms with Gasteiger partial charge in [0, 0.05) is 12.0 Å². The summed E-state index contributed by atoms with van der Waals surface area (Å²) >= 11 is 0. The molecule has 5 rings (SSSR count). The summed E-state index contributed by atoms with van der Waals surface area (Å²) in [5.74, 6) is 6.42. The molecule has 1 heterocycles. The topological polar surface area (TPSA) is 12.0 Å². The lowest BCUT2D eigenvalue weighted by Gasteiger charge is -2.48. The maximum absolute atomic E-state index is 3.90. The molecular formula is C25H35N. The van der Waals surface area contributed by atoms with Gasteiger partial charge < -0.3 is 5.32 Å². The van der Waals surface area contributed by atoms with E-state index >= 15 is 0 Å². The Morgan fingerprint density at radius 2 is 1.88 bits per heavy atom. The van der Waals surface area contributed by atoms with Gasteiger partial charge >= 0.3 is 0 Å². The average molecular weight is 350 g/mol. The minimum absolute atomic E-state index is 0.666. The van der Waals surface area contributed by atoms with E-state index in [2.05, 4.69) is 55.6 Å². The van der Waals surface area contributed by atoms with E-state index in [4.69, 9.17) is 0 Å². The van der Waals surface area contributed by atoms with Gasteiger partial charge in [0.2, 0.25) is 0 Å². The van der Waals surface area contributed by atoms with Crippen LogP contribution in [0.3, 0.4) is 0 Å². The van der Waals surface area contributed by atoms with Crippen LogP contribution in [-0.4, -0.2) is 12.6 Å². The molecule has 3 aliphatic carbocycles. The first-order valence-electron chi connectivity index (χ1n) is 11.2. The second-order valence-electron chi connectivity index (χ2n) is 9.84. The lowest BCUT2D eigenvalue weighted by molar-refractivity contribution is 0.0467. The highest BCUT2D eigenvalue weighted by Crippen LogP contribution is 2.55. The number of fused-ring (bicyclic) bond motifs is 3. The summed E-state index contributed by atoms with van der Waals surface area (Å²) in [6.45, 7) is 6.41. The predicted molar refractivity (Wildman–Crippen MR) is 110 cm³/mol. The number of allylic oxidation sites excluding steroid dienone is 1. The van der Waals surface area contributed by atoms with Crippen LogP contribution in [0, 0.1) is 35.5 Å². The maximum Gasteiger partial charge on any atom is 0.0101 e. The number of benzene rings is 1. The van der Waals surface area contributed by atoms with Crippen LogP contribution in [0.2, 0.25) is 0 Å². The molecule has 140 valence electrons. The normalized spacial score (nSPS) is 43.8. The standard InChI is InChI=1S/C25H35N/c1-16-14-23-17(2)21-8-5-13-26-25(21)15-24(23)20(16)12-11-19-10-9-18-6-3-4-7-22(18)19/h3-4,6-7,9-10,16-17,19-21,23-26H,5,8,11-15H2,1-2H3. The van der Waals surface area contributed by atoms with Crippen LogP contribution in [0.4, 0.5) is 0 Å². The number of hydrogen-bond donors (Lipinski definition) is 1. The number of piperidine rings is 1. The molecule has 1 aromatic carbocycles. The molecule has 1 aromatic rings. The van der Waals surface area contributed by atoms with Gasteiger partial charge in [0.05, 0.1) is 0 Å². The highest BCUT2D eigenvalue weighted by Gasteiger charge is 2.50. The molecule has 3 fully saturated rings. The van der Waals surface area contributed by atoms with Crippen LogP contribution in [0.5, 0.6) is 0 Å². The lowest BCUT2D eigenvalue weighted by Crippen LogP contribution is -2.51. The van der Waals surface area contributed by atoms with Gasteiger partial charge in [-0.25, -0.2) is 0 Å². The summed E-state index contributed by atoms with van der Waals surface area (Å²) in [7, 11) is 0. The third-order valence-electron chi connectivity index (χ3n) is 8.70. The van der Waals surface area contributed by atoms with E-state index in [1.807, 2.05) is 0 Å². The molecule has 0 spiro atoms. The quantitative estimate of drug-likeness (QED) is 0.719. The Bertz CT molecular complexity index is 676. The Balaban J connectivity index is 1.29. The lowest BCUT2D eigenvalue weighted by atomic mass is 9.62. The van der Waals surface area contributed by atoms with Gasteiger partial charge in [-0.05, 0) is 91.7 Å². The third-order valence-corrected chi connectivity index (χ3v) is 8.70. The molecule has 0 amide bonds. The van der Waals surface area contributed by atoms with Crippen LogP contribution in [-0.2, 0) is 0 Å². The molecule has 1 N–H and O–H groups in total. The van der Waals surface area contributed by atoms with E-state index in [1.54, 1.807) is 5.56 Å². The van der Waals surface area contributed by atoms with Crippen molar-refractivity contribution in [3.8, 4) is 0 Å². The zero-order valence-corrected chi connectivity index (χ0v) is 16.5. The zero-order chi connectivity index (χ0) is 17.7. The molecule has 26 heavy (non-hydrogen) atoms. The summed E-state index contributed by atoms with van der Waals surface area (Å²) in [5.41, 5.74) is 3.02. The Morgan fingerprint density at radius 3 is 2.81 bits per heavy atom. The molecule has 2 saturated carbocycles. The first kappa shape index (κ1) is 17.0. The smallest absolute Gasteiger partial charge is 0.0101 e. The first-order valence-corrected chi connectivity index (χ1v) is 11.2. The van der Waals surface area contributed by atoms with Crippen molar-refractivity contribution in [3.63, 3.8) is 0 Å². The van der Waals surface area contributed by atoms with E-state index in [1.165, 1.54) is 50.6 Å². The van der Waals surface area contributed by atoms with Gasteiger partial charge in [0.1, 0.15) is 0 Å². The largest absolute Gasteiger partial charge is 0.314 e. The van der Waals surface area contributed by atoms with Crippen molar-refractivity contribution in [3.05, 3.63) is 41.5 Å². The molecule has 1 nitrogen and oxygen atoms in total. The molecule has 0 bridgehead atoms. The molecule has 1 heteroatoms. The Kier molecular flexibility index (Phi) is 4.47. The SMILES string of the molecule is CC1CC2C(C)C3CCCNC3CC2C1CCC1C=Cc2ccccc21. The second-order valence-corrected chi connectivity index (χ2v) is 9.84. The molecular weight excluding hydrogens is 314 g/mol. The van der Waals surface area contributed by atoms with E-state index < -0.39 is 0 Å². The van der Waals surface area contributed by atoms with E-state index in [-0.39, 0.29) is 0 Å². The van der Waals surface area contributed by atoms with Crippen LogP contribution in [0.1, 0.15) is 69.4 Å². The van der Waals surface area contributed by atoms with Crippen molar-refractivity contribution in [2.75, 3.05) is 6.54 Å². The van der Waals surface area contributed by atoms with Crippen molar-refractivity contribution < 1.29 is 0 Å². The molecule has 1 aliphatic heterocycles. The molecule has 8 unspecified atom stereocenters. The van der Waals surface area contributed by atoms with Gasteiger partial charge in [0.25, 0.3) is 0 Å². The van der Waals surface area contributed by atoms with E-state index in [0.717, 1.165) is 41.5 Å². The minimum atomic E-state index is 0.666. The van der Waals surface area contributed by atoms with Crippen molar-refractivity contribution in [1.82, 2.24) is 5.32 Å². The fourth-order valence-electron chi connectivity index (χ4n) is 7.39. The summed E-state index contributed by atoms with van der Waals surface area (Å²) in [6, 6.07) is 9.83. The van der Waals surface area contributed by atoms with Crippen LogP contribution in [0.25, 0.3) is 6.08 Å². The zero-order valence-electron chi connectivity index (χ0n) is 16.5. The Hall–Kier alpha value is -1.08. The summed E-state index contributed by atoms with van der Waals surface area (Å²) < 4.78 is 0. The molecule has 8 atom stereocenters. The van der Waals surface area contributed by atoms with Gasteiger partial charge in [-0.15, -0.1) is 0 Å². The van der Waals surface area contributed by atoms with Crippen molar-refractivity contribution in [2.45, 2.75) is 64.3 Å². The molecule has 0 aromatic heterocycles. The van der Waals surface area contributed by atoms with Crippen LogP contribution < -0.4 is 5.32 Å². The number of rotatable bonds is 3. The van der Waals surface area contributed by atoms with Crippen molar-refractivity contribution in [2.24, 2.45) is 35.5 Å². The van der Waals surface area contributed by atoms with Crippen LogP contribution >= 0.6 is 0 Å².